The second-order valence-corrected chi connectivity index (χ2v) is 6.99. The molecule has 0 spiro atoms. The van der Waals surface area contributed by atoms with E-state index < -0.39 is 35.7 Å². The molecule has 0 bridgehead atoms. The molecular weight excluding hydrogens is 264 g/mol. The third-order valence-electron chi connectivity index (χ3n) is 1.76. The average Bonchev–Trinajstić information content (AvgIpc) is 2.27. The van der Waals surface area contributed by atoms with Crippen molar-refractivity contribution in [3.63, 3.8) is 0 Å². The molecule has 0 fully saturated rings. The van der Waals surface area contributed by atoms with E-state index >= 15 is 0 Å². The van der Waals surface area contributed by atoms with Gasteiger partial charge in [0.2, 0.25) is 0 Å². The van der Waals surface area contributed by atoms with Gasteiger partial charge in [0, 0.05) is 0 Å². The van der Waals surface area contributed by atoms with Crippen molar-refractivity contribution in [2.45, 2.75) is 45.3 Å². The van der Waals surface area contributed by atoms with Gasteiger partial charge in [0.25, 0.3) is 0 Å². The van der Waals surface area contributed by atoms with Gasteiger partial charge >= 0.3 is 105 Å². The molecule has 0 aliphatic heterocycles. The molecule has 0 N–H and O–H groups in total. The average molecular weight is 282 g/mol. The molecule has 7 heteroatoms. The molecular formula is C10H18O6Ti. The fraction of sp³-hybridized carbons (Fsp3) is 0.700. The third-order valence-corrected chi connectivity index (χ3v) is 4.57. The van der Waals surface area contributed by atoms with Crippen molar-refractivity contribution in [1.29, 1.82) is 0 Å². The van der Waals surface area contributed by atoms with Crippen LogP contribution in [-0.4, -0.2) is 17.9 Å². The molecule has 98 valence electrons. The first kappa shape index (κ1) is 16.1. The van der Waals surface area contributed by atoms with Gasteiger partial charge in [-0.25, -0.2) is 0 Å². The zero-order valence-electron chi connectivity index (χ0n) is 10.6. The van der Waals surface area contributed by atoms with Gasteiger partial charge in [0.15, 0.2) is 0 Å². The Morgan fingerprint density at radius 3 is 1.18 bits per heavy atom. The minimum absolute atomic E-state index is 0.133. The number of hydrogen-bond acceptors (Lipinski definition) is 6. The summed E-state index contributed by atoms with van der Waals surface area (Å²) in [5, 5.41) is 1.40. The summed E-state index contributed by atoms with van der Waals surface area (Å²) in [7, 11) is 0. The van der Waals surface area contributed by atoms with Crippen LogP contribution < -0.4 is 0 Å². The van der Waals surface area contributed by atoms with Crippen LogP contribution in [0.15, 0.2) is 0 Å². The van der Waals surface area contributed by atoms with Crippen LogP contribution in [0.25, 0.3) is 0 Å². The fourth-order valence-corrected chi connectivity index (χ4v) is 3.71. The van der Waals surface area contributed by atoms with Gasteiger partial charge in [-0.15, -0.1) is 0 Å². The molecule has 0 rings (SSSR count). The summed E-state index contributed by atoms with van der Waals surface area (Å²) in [6.45, 7) is 4.82. The van der Waals surface area contributed by atoms with Crippen LogP contribution in [-0.2, 0) is 42.1 Å². The van der Waals surface area contributed by atoms with E-state index in [0.717, 1.165) is 0 Å². The van der Waals surface area contributed by atoms with Gasteiger partial charge in [-0.2, -0.15) is 0 Å². The van der Waals surface area contributed by atoms with Crippen LogP contribution in [0.1, 0.15) is 40.0 Å². The van der Waals surface area contributed by atoms with Crippen LogP contribution in [0.4, 0.5) is 0 Å². The van der Waals surface area contributed by atoms with Gasteiger partial charge in [0.05, 0.1) is 0 Å². The molecule has 0 aromatic carbocycles. The van der Waals surface area contributed by atoms with Crippen molar-refractivity contribution >= 4 is 17.9 Å². The van der Waals surface area contributed by atoms with Crippen molar-refractivity contribution in [3.05, 3.63) is 0 Å². The summed E-state index contributed by atoms with van der Waals surface area (Å²) in [5.74, 6) is -1.62. The number of hydrogen-bond donors (Lipinski definition) is 0. The Bertz CT molecular complexity index is 256. The van der Waals surface area contributed by atoms with Gasteiger partial charge in [-0.1, -0.05) is 0 Å². The summed E-state index contributed by atoms with van der Waals surface area (Å²) in [4.78, 5) is 33.6. The predicted molar refractivity (Wildman–Crippen MR) is 55.0 cm³/mol. The van der Waals surface area contributed by atoms with Crippen molar-refractivity contribution in [3.8, 4) is 0 Å². The maximum atomic E-state index is 11.2. The molecule has 0 unspecified atom stereocenters. The standard InChI is InChI=1S/3C3H6O2.CH3.Ti/c3*1-2-3(4)5;;/h3*2H2,1H3,(H,4,5);1H3;/q;;;;+3/p-3. The molecule has 17 heavy (non-hydrogen) atoms. The van der Waals surface area contributed by atoms with Gasteiger partial charge < -0.3 is 0 Å². The summed E-state index contributed by atoms with van der Waals surface area (Å²) >= 11 is -4.10. The second kappa shape index (κ2) is 7.45. The maximum absolute atomic E-state index is 11.2. The molecule has 6 nitrogen and oxygen atoms in total. The van der Waals surface area contributed by atoms with E-state index in [4.69, 9.17) is 9.96 Å². The van der Waals surface area contributed by atoms with Crippen LogP contribution in [0.3, 0.4) is 0 Å². The molecule has 0 aliphatic carbocycles. The fourth-order valence-electron chi connectivity index (χ4n) is 0.899. The van der Waals surface area contributed by atoms with Crippen LogP contribution in [0.2, 0.25) is 5.23 Å². The van der Waals surface area contributed by atoms with E-state index in [-0.39, 0.29) is 19.3 Å². The zero-order chi connectivity index (χ0) is 13.5. The Kier molecular flexibility index (Phi) is 7.07. The topological polar surface area (TPSA) is 78.9 Å². The summed E-state index contributed by atoms with van der Waals surface area (Å²) < 4.78 is 15.0. The van der Waals surface area contributed by atoms with Crippen molar-refractivity contribution in [2.24, 2.45) is 0 Å². The summed E-state index contributed by atoms with van der Waals surface area (Å²) in [6.07, 6.45) is 0.399. The molecule has 0 aliphatic rings. The molecule has 0 amide bonds. The SMILES string of the molecule is CCC(=O)[O][Ti]([CH3])([O]C(=O)CC)[O]C(=O)CC. The third kappa shape index (κ3) is 6.43. The van der Waals surface area contributed by atoms with Crippen LogP contribution in [0, 0.1) is 0 Å². The van der Waals surface area contributed by atoms with Gasteiger partial charge in [0.1, 0.15) is 0 Å². The number of carbonyl (C=O) groups is 3. The Morgan fingerprint density at radius 2 is 1.00 bits per heavy atom. The van der Waals surface area contributed by atoms with Crippen LogP contribution >= 0.6 is 0 Å². The predicted octanol–water partition coefficient (Wildman–Crippen LogP) is 1.79. The van der Waals surface area contributed by atoms with Crippen molar-refractivity contribution in [2.75, 3.05) is 0 Å². The Labute approximate surface area is 105 Å². The molecule has 0 saturated carbocycles. The first-order valence-electron chi connectivity index (χ1n) is 5.52. The monoisotopic (exact) mass is 282 g/mol. The molecule has 0 heterocycles. The first-order valence-corrected chi connectivity index (χ1v) is 8.99. The zero-order valence-corrected chi connectivity index (χ0v) is 12.1. The van der Waals surface area contributed by atoms with Crippen LogP contribution in [0.5, 0.6) is 0 Å². The van der Waals surface area contributed by atoms with E-state index in [0.29, 0.717) is 0 Å². The second-order valence-electron chi connectivity index (χ2n) is 3.35. The van der Waals surface area contributed by atoms with Gasteiger partial charge in [-0.05, 0) is 0 Å². The van der Waals surface area contributed by atoms with E-state index in [9.17, 15) is 14.4 Å². The Morgan fingerprint density at radius 1 is 0.765 bits per heavy atom. The number of rotatable bonds is 6. The summed E-state index contributed by atoms with van der Waals surface area (Å²) in [6, 6.07) is 0. The van der Waals surface area contributed by atoms with E-state index in [1.54, 1.807) is 20.8 Å². The molecule has 0 aromatic heterocycles. The molecule has 0 atom stereocenters. The molecule has 0 saturated heterocycles. The Balaban J connectivity index is 4.72. The molecule has 0 radical (unpaired) electrons. The van der Waals surface area contributed by atoms with Gasteiger partial charge in [-0.3, -0.25) is 0 Å². The first-order chi connectivity index (χ1) is 7.86. The minimum atomic E-state index is -4.10. The van der Waals surface area contributed by atoms with E-state index in [1.165, 1.54) is 5.23 Å². The number of carbonyl (C=O) groups excluding carboxylic acids is 3. The van der Waals surface area contributed by atoms with Crippen molar-refractivity contribution in [1.82, 2.24) is 0 Å². The van der Waals surface area contributed by atoms with E-state index in [2.05, 4.69) is 0 Å². The van der Waals surface area contributed by atoms with E-state index in [1.807, 2.05) is 0 Å². The Hall–Kier alpha value is -0.876. The normalized spacial score (nSPS) is 10.6. The summed E-state index contributed by atoms with van der Waals surface area (Å²) in [5.41, 5.74) is 0. The molecule has 0 aromatic rings. The quantitative estimate of drug-likeness (QED) is 0.691. The van der Waals surface area contributed by atoms with Crippen molar-refractivity contribution < 1.29 is 42.1 Å².